The van der Waals surface area contributed by atoms with Gasteiger partial charge in [-0.25, -0.2) is 29.9 Å². The number of rotatable bonds is 6. The minimum absolute atomic E-state index is 0.271. The van der Waals surface area contributed by atoms with Gasteiger partial charge in [-0.2, -0.15) is 0 Å². The summed E-state index contributed by atoms with van der Waals surface area (Å²) in [6, 6.07) is 3.58. The summed E-state index contributed by atoms with van der Waals surface area (Å²) in [6.45, 7) is 8.88. The fraction of sp³-hybridized carbons (Fsp3) is 0.500. The van der Waals surface area contributed by atoms with Crippen LogP contribution in [0.4, 0.5) is 29.1 Å². The van der Waals surface area contributed by atoms with Crippen molar-refractivity contribution in [3.63, 3.8) is 0 Å². The quantitative estimate of drug-likeness (QED) is 0.159. The maximum Gasteiger partial charge on any atom is 0.158 e. The van der Waals surface area contributed by atoms with Crippen LogP contribution in [0.25, 0.3) is 0 Å². The number of halogens is 3. The molecule has 276 valence electrons. The van der Waals surface area contributed by atoms with Gasteiger partial charge in [0, 0.05) is 48.4 Å². The minimum Gasteiger partial charge on any atom is -0.382 e. The molecule has 4 aromatic rings. The number of anilines is 5. The summed E-state index contributed by atoms with van der Waals surface area (Å²) in [5.41, 5.74) is 19.2. The van der Waals surface area contributed by atoms with E-state index in [0.717, 1.165) is 59.4 Å². The number of hydrogen-bond donors (Lipinski definition) is 3. The highest BCUT2D eigenvalue weighted by Crippen LogP contribution is 2.54. The molecule has 2 saturated carbocycles. The molecule has 2 aliphatic heterocycles. The van der Waals surface area contributed by atoms with Crippen LogP contribution < -0.4 is 27.0 Å². The van der Waals surface area contributed by atoms with Gasteiger partial charge in [-0.05, 0) is 86.2 Å². The SMILES string of the molecule is C[C@H]1CCC12CCN(c1cnc(Sc3ccnc(Cl)c3Cl)c(N)n1)CC2.C[C@H]1CCC12CCN(c1cnc(Sc3ccnc(N)c3Cl)c(N)n1)CC2. The Labute approximate surface area is 328 Å². The van der Waals surface area contributed by atoms with Gasteiger partial charge in [0.2, 0.25) is 0 Å². The third-order valence-corrected chi connectivity index (χ3v) is 15.5. The Morgan fingerprint density at radius 3 is 1.46 bits per heavy atom. The second kappa shape index (κ2) is 15.4. The maximum atomic E-state index is 6.20. The van der Waals surface area contributed by atoms with Gasteiger partial charge in [0.1, 0.15) is 32.7 Å². The van der Waals surface area contributed by atoms with E-state index in [1.165, 1.54) is 74.9 Å². The van der Waals surface area contributed by atoms with Crippen LogP contribution in [0.3, 0.4) is 0 Å². The van der Waals surface area contributed by atoms with Crippen LogP contribution in [0.15, 0.2) is 56.8 Å². The first-order valence-corrected chi connectivity index (χ1v) is 20.5. The Hall–Kier alpha value is -2.97. The standard InChI is InChI=1S/C18H21Cl2N5S.C18H23ClN6S/c2*1-11-2-4-18(11)5-8-25(9-6-18)13-10-23-17(16(21)24-13)26-12-3-7-22-15(20)14(12)19/h3,7,10-11H,2,4-6,8-9H2,1H3,(H2,21,24);3,7,10-11H,2,4-6,8-9H2,1H3,(H2,20,22)(H2,21,24)/t2*11-/m00/s1. The molecule has 6 N–H and O–H groups in total. The Morgan fingerprint density at radius 1 is 0.615 bits per heavy atom. The van der Waals surface area contributed by atoms with Gasteiger partial charge >= 0.3 is 0 Å². The largest absolute Gasteiger partial charge is 0.382 e. The zero-order chi connectivity index (χ0) is 36.6. The molecule has 2 spiro atoms. The van der Waals surface area contributed by atoms with E-state index < -0.39 is 0 Å². The van der Waals surface area contributed by atoms with E-state index in [4.69, 9.17) is 52.0 Å². The van der Waals surface area contributed by atoms with E-state index >= 15 is 0 Å². The van der Waals surface area contributed by atoms with Crippen molar-refractivity contribution in [2.45, 2.75) is 85.1 Å². The first-order chi connectivity index (χ1) is 25.0. The average molecular weight is 801 g/mol. The maximum absolute atomic E-state index is 6.20. The van der Waals surface area contributed by atoms with Gasteiger partial charge in [-0.15, -0.1) is 0 Å². The second-order valence-corrected chi connectivity index (χ2v) is 17.7. The zero-order valence-corrected chi connectivity index (χ0v) is 33.3. The van der Waals surface area contributed by atoms with E-state index in [1.54, 1.807) is 36.9 Å². The van der Waals surface area contributed by atoms with Crippen LogP contribution in [0.5, 0.6) is 0 Å². The van der Waals surface area contributed by atoms with Crippen LogP contribution in [-0.2, 0) is 0 Å². The summed E-state index contributed by atoms with van der Waals surface area (Å²) < 4.78 is 0. The Kier molecular flexibility index (Phi) is 11.1. The molecule has 0 aromatic carbocycles. The smallest absolute Gasteiger partial charge is 0.158 e. The van der Waals surface area contributed by atoms with Gasteiger partial charge < -0.3 is 27.0 Å². The molecule has 0 amide bonds. The van der Waals surface area contributed by atoms with Crippen molar-refractivity contribution in [3.05, 3.63) is 52.1 Å². The van der Waals surface area contributed by atoms with E-state index in [-0.39, 0.29) is 5.15 Å². The topological polar surface area (TPSA) is 162 Å². The van der Waals surface area contributed by atoms with Crippen LogP contribution >= 0.6 is 58.3 Å². The van der Waals surface area contributed by atoms with E-state index in [9.17, 15) is 0 Å². The lowest BCUT2D eigenvalue weighted by Gasteiger charge is -2.53. The summed E-state index contributed by atoms with van der Waals surface area (Å²) >= 11 is 21.1. The van der Waals surface area contributed by atoms with Crippen molar-refractivity contribution in [1.29, 1.82) is 0 Å². The lowest BCUT2D eigenvalue weighted by atomic mass is 9.56. The molecule has 4 aliphatic rings. The van der Waals surface area contributed by atoms with Crippen LogP contribution in [-0.4, -0.2) is 56.1 Å². The molecule has 2 aliphatic carbocycles. The highest BCUT2D eigenvalue weighted by Gasteiger charge is 2.46. The Bertz CT molecular complexity index is 1780. The van der Waals surface area contributed by atoms with Crippen LogP contribution in [0, 0.1) is 22.7 Å². The number of pyridine rings is 2. The molecule has 2 atom stereocenters. The summed E-state index contributed by atoms with van der Waals surface area (Å²) in [5, 5.41) is 2.34. The van der Waals surface area contributed by atoms with Crippen LogP contribution in [0.2, 0.25) is 15.2 Å². The third kappa shape index (κ3) is 7.53. The number of nitrogens with zero attached hydrogens (tertiary/aromatic N) is 8. The van der Waals surface area contributed by atoms with Crippen molar-refractivity contribution < 1.29 is 0 Å². The molecule has 4 fully saturated rings. The lowest BCUT2D eigenvalue weighted by molar-refractivity contribution is 0.0163. The summed E-state index contributed by atoms with van der Waals surface area (Å²) in [7, 11) is 0. The molecule has 4 aromatic heterocycles. The predicted molar refractivity (Wildman–Crippen MR) is 214 cm³/mol. The average Bonchev–Trinajstić information content (AvgIpc) is 3.16. The van der Waals surface area contributed by atoms with E-state index in [0.29, 0.717) is 48.4 Å². The first-order valence-electron chi connectivity index (χ1n) is 17.8. The molecular formula is C36H44Cl3N11S2. The summed E-state index contributed by atoms with van der Waals surface area (Å²) in [4.78, 5) is 32.3. The second-order valence-electron chi connectivity index (χ2n) is 14.5. The number of hydrogen-bond acceptors (Lipinski definition) is 13. The fourth-order valence-corrected chi connectivity index (χ4v) is 10.2. The first kappa shape index (κ1) is 37.3. The molecule has 6 heterocycles. The zero-order valence-electron chi connectivity index (χ0n) is 29.4. The molecule has 16 heteroatoms. The highest BCUT2D eigenvalue weighted by atomic mass is 35.5. The Balaban J connectivity index is 0.000000162. The molecule has 0 radical (unpaired) electrons. The Morgan fingerprint density at radius 2 is 1.06 bits per heavy atom. The molecule has 8 rings (SSSR count). The van der Waals surface area contributed by atoms with Crippen LogP contribution in [0.1, 0.15) is 65.2 Å². The molecule has 11 nitrogen and oxygen atoms in total. The third-order valence-electron chi connectivity index (χ3n) is 12.0. The highest BCUT2D eigenvalue weighted by molar-refractivity contribution is 7.99. The van der Waals surface area contributed by atoms with Crippen molar-refractivity contribution in [1.82, 2.24) is 29.9 Å². The van der Waals surface area contributed by atoms with Gasteiger partial charge in [-0.1, -0.05) is 72.2 Å². The summed E-state index contributed by atoms with van der Waals surface area (Å²) in [5.74, 6) is 4.55. The molecule has 2 saturated heterocycles. The fourth-order valence-electron chi connectivity index (χ4n) is 7.97. The van der Waals surface area contributed by atoms with Crippen molar-refractivity contribution >= 4 is 87.4 Å². The number of nitrogens with two attached hydrogens (primary N) is 3. The number of nitrogen functional groups attached to an aromatic ring is 3. The van der Waals surface area contributed by atoms with Gasteiger partial charge in [-0.3, -0.25) is 0 Å². The normalized spacial score (nSPS) is 21.6. The van der Waals surface area contributed by atoms with Gasteiger partial charge in [0.25, 0.3) is 0 Å². The lowest BCUT2D eigenvalue weighted by Crippen LogP contribution is -2.48. The monoisotopic (exact) mass is 799 g/mol. The molecule has 52 heavy (non-hydrogen) atoms. The van der Waals surface area contributed by atoms with E-state index in [2.05, 4.69) is 53.6 Å². The molecular weight excluding hydrogens is 757 g/mol. The summed E-state index contributed by atoms with van der Waals surface area (Å²) in [6.07, 6.45) is 17.3. The minimum atomic E-state index is 0.271. The van der Waals surface area contributed by atoms with Crippen molar-refractivity contribution in [2.75, 3.05) is 53.2 Å². The molecule has 0 unspecified atom stereocenters. The van der Waals surface area contributed by atoms with Crippen molar-refractivity contribution in [2.24, 2.45) is 22.7 Å². The van der Waals surface area contributed by atoms with Gasteiger partial charge in [0.15, 0.2) is 11.6 Å². The van der Waals surface area contributed by atoms with Crippen molar-refractivity contribution in [3.8, 4) is 0 Å². The predicted octanol–water partition coefficient (Wildman–Crippen LogP) is 8.79. The van der Waals surface area contributed by atoms with Gasteiger partial charge in [0.05, 0.1) is 22.4 Å². The number of piperidine rings is 2. The number of aromatic nitrogens is 6. The van der Waals surface area contributed by atoms with E-state index in [1.807, 2.05) is 0 Å². The molecule has 0 bridgehead atoms.